The van der Waals surface area contributed by atoms with Crippen molar-refractivity contribution < 1.29 is 19.1 Å². The molecule has 0 saturated carbocycles. The van der Waals surface area contributed by atoms with Crippen molar-refractivity contribution in [2.45, 2.75) is 26.1 Å². The van der Waals surface area contributed by atoms with Crippen molar-refractivity contribution in [2.24, 2.45) is 0 Å². The van der Waals surface area contributed by atoms with Crippen LogP contribution in [0.3, 0.4) is 0 Å². The first-order chi connectivity index (χ1) is 4.61. The number of esters is 2. The summed E-state index contributed by atoms with van der Waals surface area (Å²) < 4.78 is 9.19. The van der Waals surface area contributed by atoms with Crippen LogP contribution in [0.4, 0.5) is 0 Å². The fourth-order valence-electron chi connectivity index (χ4n) is 0.682. The molecule has 1 heterocycles. The second-order valence-corrected chi connectivity index (χ2v) is 2.16. The van der Waals surface area contributed by atoms with E-state index in [1.165, 1.54) is 0 Å². The maximum Gasteiger partial charge on any atom is 0.342 e. The van der Waals surface area contributed by atoms with E-state index in [4.69, 9.17) is 4.74 Å². The van der Waals surface area contributed by atoms with Crippen molar-refractivity contribution in [3.8, 4) is 0 Å². The van der Waals surface area contributed by atoms with Gasteiger partial charge in [-0.05, 0) is 13.8 Å². The molecule has 0 aromatic carbocycles. The van der Waals surface area contributed by atoms with Crippen LogP contribution in [-0.4, -0.2) is 24.1 Å². The van der Waals surface area contributed by atoms with Crippen LogP contribution in [-0.2, 0) is 19.1 Å². The molecule has 0 aliphatic carbocycles. The fraction of sp³-hybridized carbons (Fsp3) is 0.667. The predicted molar refractivity (Wildman–Crippen MR) is 31.1 cm³/mol. The van der Waals surface area contributed by atoms with Crippen molar-refractivity contribution >= 4 is 11.9 Å². The highest BCUT2D eigenvalue weighted by molar-refractivity contribution is 5.91. The summed E-state index contributed by atoms with van der Waals surface area (Å²) in [4.78, 5) is 21.2. The molecule has 1 aliphatic heterocycles. The van der Waals surface area contributed by atoms with Gasteiger partial charge in [-0.1, -0.05) is 0 Å². The number of carbonyl (C=O) groups is 2. The van der Waals surface area contributed by atoms with Gasteiger partial charge in [-0.25, -0.2) is 9.59 Å². The first kappa shape index (κ1) is 7.21. The zero-order valence-corrected chi connectivity index (χ0v) is 5.79. The van der Waals surface area contributed by atoms with E-state index in [-0.39, 0.29) is 0 Å². The predicted octanol–water partition coefficient (Wildman–Crippen LogP) is -0.137. The van der Waals surface area contributed by atoms with Gasteiger partial charge in [0.2, 0.25) is 0 Å². The normalized spacial score (nSPS) is 33.8. The summed E-state index contributed by atoms with van der Waals surface area (Å²) in [6.07, 6.45) is -1.24. The average molecular weight is 144 g/mol. The summed E-state index contributed by atoms with van der Waals surface area (Å²) in [5.74, 6) is -1.22. The topological polar surface area (TPSA) is 52.6 Å². The lowest BCUT2D eigenvalue weighted by molar-refractivity contribution is -0.190. The van der Waals surface area contributed by atoms with Gasteiger partial charge >= 0.3 is 11.9 Å². The number of hydrogen-bond donors (Lipinski definition) is 0. The monoisotopic (exact) mass is 144 g/mol. The van der Waals surface area contributed by atoms with Gasteiger partial charge in [0.15, 0.2) is 12.2 Å². The van der Waals surface area contributed by atoms with Crippen LogP contribution in [0, 0.1) is 0 Å². The highest BCUT2D eigenvalue weighted by Crippen LogP contribution is 2.08. The van der Waals surface area contributed by atoms with Crippen LogP contribution in [0.5, 0.6) is 0 Å². The maximum atomic E-state index is 10.6. The van der Waals surface area contributed by atoms with E-state index in [9.17, 15) is 9.59 Å². The van der Waals surface area contributed by atoms with Gasteiger partial charge in [0.1, 0.15) is 0 Å². The molecule has 56 valence electrons. The van der Waals surface area contributed by atoms with Crippen LogP contribution in [0.15, 0.2) is 0 Å². The van der Waals surface area contributed by atoms with Gasteiger partial charge in [0.05, 0.1) is 0 Å². The Balaban J connectivity index is 2.63. The molecule has 0 bridgehead atoms. The minimum Gasteiger partial charge on any atom is -0.389 e. The lowest BCUT2D eigenvalue weighted by Crippen LogP contribution is -2.40. The minimum absolute atomic E-state index is 0.608. The number of carbonyl (C=O) groups excluding carboxylic acids is 2. The van der Waals surface area contributed by atoms with Crippen LogP contribution in [0.2, 0.25) is 0 Å². The molecule has 1 saturated heterocycles. The van der Waals surface area contributed by atoms with Crippen LogP contribution in [0.25, 0.3) is 0 Å². The molecule has 4 nitrogen and oxygen atoms in total. The van der Waals surface area contributed by atoms with E-state index < -0.39 is 24.1 Å². The molecule has 2 atom stereocenters. The molecule has 1 rings (SSSR count). The van der Waals surface area contributed by atoms with Crippen molar-refractivity contribution in [2.75, 3.05) is 0 Å². The van der Waals surface area contributed by atoms with E-state index in [0.717, 1.165) is 0 Å². The van der Waals surface area contributed by atoms with E-state index in [1.54, 1.807) is 13.8 Å². The molecular weight excluding hydrogens is 136 g/mol. The Kier molecular flexibility index (Phi) is 1.72. The summed E-state index contributed by atoms with van der Waals surface area (Å²) in [5, 5.41) is 0. The Bertz CT molecular complexity index is 157. The molecule has 10 heavy (non-hydrogen) atoms. The first-order valence-corrected chi connectivity index (χ1v) is 3.02. The number of hydrogen-bond acceptors (Lipinski definition) is 4. The smallest absolute Gasteiger partial charge is 0.342 e. The summed E-state index contributed by atoms with van der Waals surface area (Å²) in [7, 11) is 0. The maximum absolute atomic E-state index is 10.6. The largest absolute Gasteiger partial charge is 0.389 e. The molecule has 0 aromatic rings. The van der Waals surface area contributed by atoms with Crippen LogP contribution < -0.4 is 0 Å². The fourth-order valence-corrected chi connectivity index (χ4v) is 0.682. The number of cyclic esters (lactones) is 2. The van der Waals surface area contributed by atoms with Gasteiger partial charge in [-0.15, -0.1) is 0 Å². The third-order valence-electron chi connectivity index (χ3n) is 1.27. The van der Waals surface area contributed by atoms with E-state index in [0.29, 0.717) is 0 Å². The summed E-state index contributed by atoms with van der Waals surface area (Å²) in [5.41, 5.74) is 0. The first-order valence-electron chi connectivity index (χ1n) is 3.02. The lowest BCUT2D eigenvalue weighted by Gasteiger charge is -2.21. The van der Waals surface area contributed by atoms with Gasteiger partial charge in [0.25, 0.3) is 0 Å². The Morgan fingerprint density at radius 3 is 1.80 bits per heavy atom. The minimum atomic E-state index is -0.618. The Hall–Kier alpha value is -0.900. The van der Waals surface area contributed by atoms with E-state index in [2.05, 4.69) is 4.74 Å². The van der Waals surface area contributed by atoms with Crippen molar-refractivity contribution in [1.82, 2.24) is 0 Å². The quantitative estimate of drug-likeness (QED) is 0.351. The molecule has 4 heteroatoms. The molecule has 1 aliphatic rings. The molecule has 1 fully saturated rings. The summed E-state index contributed by atoms with van der Waals surface area (Å²) in [6, 6.07) is 0. The highest BCUT2D eigenvalue weighted by Gasteiger charge is 2.31. The average Bonchev–Trinajstić information content (AvgIpc) is 1.84. The van der Waals surface area contributed by atoms with Gasteiger partial charge in [-0.3, -0.25) is 0 Å². The van der Waals surface area contributed by atoms with Gasteiger partial charge < -0.3 is 9.47 Å². The molecular formula is C6H8O4. The summed E-state index contributed by atoms with van der Waals surface area (Å²) >= 11 is 0. The molecule has 0 aromatic heterocycles. The Labute approximate surface area is 58.1 Å². The summed E-state index contributed by atoms with van der Waals surface area (Å²) in [6.45, 7) is 3.09. The molecule has 0 spiro atoms. The molecule has 0 amide bonds. The third kappa shape index (κ3) is 1.16. The molecule has 0 radical (unpaired) electrons. The van der Waals surface area contributed by atoms with Crippen molar-refractivity contribution in [3.63, 3.8) is 0 Å². The zero-order valence-electron chi connectivity index (χ0n) is 5.79. The van der Waals surface area contributed by atoms with Crippen molar-refractivity contribution in [3.05, 3.63) is 0 Å². The lowest BCUT2D eigenvalue weighted by atomic mass is 10.3. The molecule has 0 N–H and O–H groups in total. The van der Waals surface area contributed by atoms with Crippen LogP contribution in [0.1, 0.15) is 13.8 Å². The van der Waals surface area contributed by atoms with Crippen LogP contribution >= 0.6 is 0 Å². The number of ether oxygens (including phenoxy) is 2. The second-order valence-electron chi connectivity index (χ2n) is 2.16. The van der Waals surface area contributed by atoms with E-state index in [1.807, 2.05) is 0 Å². The van der Waals surface area contributed by atoms with Gasteiger partial charge in [-0.2, -0.15) is 0 Å². The Morgan fingerprint density at radius 1 is 1.10 bits per heavy atom. The highest BCUT2D eigenvalue weighted by atomic mass is 16.6. The zero-order chi connectivity index (χ0) is 7.72. The van der Waals surface area contributed by atoms with Gasteiger partial charge in [0, 0.05) is 0 Å². The van der Waals surface area contributed by atoms with E-state index >= 15 is 0 Å². The Morgan fingerprint density at radius 2 is 1.50 bits per heavy atom. The van der Waals surface area contributed by atoms with Crippen molar-refractivity contribution in [1.29, 1.82) is 0 Å². The SMILES string of the molecule is CC1OC(C)C(=O)OC1=O. The standard InChI is InChI=1S/C6H8O4/c1-3-5(7)10-6(8)4(2)9-3/h3-4H,1-2H3. The second kappa shape index (κ2) is 2.38. The third-order valence-corrected chi connectivity index (χ3v) is 1.27. The number of rotatable bonds is 0. The molecule has 2 unspecified atom stereocenters.